The van der Waals surface area contributed by atoms with Crippen molar-refractivity contribution in [1.82, 2.24) is 14.9 Å². The lowest BCUT2D eigenvalue weighted by atomic mass is 9.96. The van der Waals surface area contributed by atoms with Crippen molar-refractivity contribution in [3.8, 4) is 0 Å². The number of amides is 1. The Morgan fingerprint density at radius 3 is 2.71 bits per heavy atom. The van der Waals surface area contributed by atoms with Gasteiger partial charge >= 0.3 is 0 Å². The molecule has 0 bridgehead atoms. The summed E-state index contributed by atoms with van der Waals surface area (Å²) in [5.74, 6) is 0.851. The summed E-state index contributed by atoms with van der Waals surface area (Å²) in [6.07, 6.45) is 2.27. The number of benzene rings is 2. The van der Waals surface area contributed by atoms with Gasteiger partial charge in [-0.05, 0) is 49.1 Å². The van der Waals surface area contributed by atoms with Crippen LogP contribution in [0.1, 0.15) is 18.4 Å². The number of halogens is 1. The molecule has 146 valence electrons. The predicted molar refractivity (Wildman–Crippen MR) is 109 cm³/mol. The molecule has 2 heterocycles. The molecule has 28 heavy (non-hydrogen) atoms. The zero-order valence-corrected chi connectivity index (χ0v) is 16.1. The molecule has 1 aliphatic rings. The van der Waals surface area contributed by atoms with E-state index in [0.29, 0.717) is 13.0 Å². The molecule has 0 radical (unpaired) electrons. The topological polar surface area (TPSA) is 50.2 Å². The first-order valence-electron chi connectivity index (χ1n) is 9.80. The normalized spacial score (nSPS) is 15.1. The molecule has 1 aromatic heterocycles. The van der Waals surface area contributed by atoms with Crippen molar-refractivity contribution in [2.45, 2.75) is 19.3 Å². The van der Waals surface area contributed by atoms with E-state index < -0.39 is 0 Å². The summed E-state index contributed by atoms with van der Waals surface area (Å²) >= 11 is 0. The molecule has 1 saturated heterocycles. The zero-order valence-electron chi connectivity index (χ0n) is 16.1. The molecule has 3 aromatic rings. The highest BCUT2D eigenvalue weighted by molar-refractivity contribution is 5.80. The average molecular weight is 380 g/mol. The summed E-state index contributed by atoms with van der Waals surface area (Å²) in [4.78, 5) is 19.5. The fourth-order valence-electron chi connectivity index (χ4n) is 3.92. The van der Waals surface area contributed by atoms with Crippen molar-refractivity contribution >= 4 is 22.9 Å². The number of aryl methyl sites for hydroxylation is 1. The summed E-state index contributed by atoms with van der Waals surface area (Å²) in [7, 11) is 2.04. The Morgan fingerprint density at radius 1 is 1.18 bits per heavy atom. The minimum atomic E-state index is -0.238. The Bertz CT molecular complexity index is 976. The number of piperidine rings is 1. The van der Waals surface area contributed by atoms with Gasteiger partial charge in [0.1, 0.15) is 5.82 Å². The van der Waals surface area contributed by atoms with Crippen molar-refractivity contribution in [3.63, 3.8) is 0 Å². The summed E-state index contributed by atoms with van der Waals surface area (Å²) in [6, 6.07) is 14.6. The van der Waals surface area contributed by atoms with Gasteiger partial charge in [0.2, 0.25) is 11.9 Å². The second-order valence-corrected chi connectivity index (χ2v) is 7.39. The van der Waals surface area contributed by atoms with Crippen molar-refractivity contribution in [1.29, 1.82) is 0 Å². The number of carbonyl (C=O) groups is 1. The molecule has 5 nitrogen and oxygen atoms in total. The molecule has 1 amide bonds. The lowest BCUT2D eigenvalue weighted by Gasteiger charge is -2.32. The summed E-state index contributed by atoms with van der Waals surface area (Å²) in [6.45, 7) is 2.17. The van der Waals surface area contributed by atoms with Crippen LogP contribution in [0.15, 0.2) is 48.5 Å². The lowest BCUT2D eigenvalue weighted by molar-refractivity contribution is -0.125. The molecule has 6 heteroatoms. The van der Waals surface area contributed by atoms with Gasteiger partial charge in [-0.15, -0.1) is 0 Å². The van der Waals surface area contributed by atoms with Gasteiger partial charge in [0.05, 0.1) is 11.0 Å². The fourth-order valence-corrected chi connectivity index (χ4v) is 3.92. The maximum absolute atomic E-state index is 13.2. The first kappa shape index (κ1) is 18.5. The number of carbonyl (C=O) groups excluding carboxylic acids is 1. The number of aromatic nitrogens is 2. The quantitative estimate of drug-likeness (QED) is 0.739. The van der Waals surface area contributed by atoms with E-state index in [2.05, 4.69) is 20.9 Å². The van der Waals surface area contributed by atoms with Gasteiger partial charge in [-0.25, -0.2) is 9.37 Å². The summed E-state index contributed by atoms with van der Waals surface area (Å²) in [5.41, 5.74) is 3.02. The molecule has 0 spiro atoms. The summed E-state index contributed by atoms with van der Waals surface area (Å²) in [5, 5.41) is 3.01. The van der Waals surface area contributed by atoms with Gasteiger partial charge in [0.15, 0.2) is 0 Å². The van der Waals surface area contributed by atoms with E-state index in [1.54, 1.807) is 6.07 Å². The number of hydrogen-bond acceptors (Lipinski definition) is 3. The molecule has 2 aromatic carbocycles. The third-order valence-electron chi connectivity index (χ3n) is 5.51. The minimum Gasteiger partial charge on any atom is -0.356 e. The highest BCUT2D eigenvalue weighted by Crippen LogP contribution is 2.26. The second kappa shape index (κ2) is 8.00. The Balaban J connectivity index is 1.29. The van der Waals surface area contributed by atoms with Crippen molar-refractivity contribution in [2.75, 3.05) is 24.5 Å². The van der Waals surface area contributed by atoms with Crippen LogP contribution in [0, 0.1) is 11.7 Å². The van der Waals surface area contributed by atoms with Gasteiger partial charge in [0, 0.05) is 32.6 Å². The standard InChI is InChI=1S/C22H25FN4O/c1-26-20-8-3-2-7-19(20)25-22(26)27-13-10-17(11-14-27)21(28)24-12-9-16-5-4-6-18(23)15-16/h2-8,15,17H,9-14H2,1H3,(H,24,28). The highest BCUT2D eigenvalue weighted by Gasteiger charge is 2.26. The third-order valence-corrected chi connectivity index (χ3v) is 5.51. The van der Waals surface area contributed by atoms with Gasteiger partial charge in [-0.3, -0.25) is 4.79 Å². The predicted octanol–water partition coefficient (Wildman–Crippen LogP) is 3.29. The number of rotatable bonds is 5. The van der Waals surface area contributed by atoms with Crippen LogP contribution < -0.4 is 10.2 Å². The maximum atomic E-state index is 13.2. The highest BCUT2D eigenvalue weighted by atomic mass is 19.1. The number of imidazole rings is 1. The van der Waals surface area contributed by atoms with Gasteiger partial charge in [0.25, 0.3) is 0 Å². The Hall–Kier alpha value is -2.89. The SMILES string of the molecule is Cn1c(N2CCC(C(=O)NCCc3cccc(F)c3)CC2)nc2ccccc21. The van der Waals surface area contributed by atoms with Gasteiger partial charge in [-0.1, -0.05) is 24.3 Å². The fraction of sp³-hybridized carbons (Fsp3) is 0.364. The first-order chi connectivity index (χ1) is 13.6. The number of fused-ring (bicyclic) bond motifs is 1. The van der Waals surface area contributed by atoms with Crippen LogP contribution in [-0.4, -0.2) is 35.1 Å². The molecule has 0 atom stereocenters. The molecule has 0 saturated carbocycles. The van der Waals surface area contributed by atoms with Crippen LogP contribution in [0.2, 0.25) is 0 Å². The third kappa shape index (κ3) is 3.86. The molecular formula is C22H25FN4O. The van der Waals surface area contributed by atoms with E-state index in [1.807, 2.05) is 31.3 Å². The van der Waals surface area contributed by atoms with Crippen molar-refractivity contribution in [3.05, 3.63) is 59.9 Å². The Morgan fingerprint density at radius 2 is 1.96 bits per heavy atom. The number of nitrogens with one attached hydrogen (secondary N) is 1. The van der Waals surface area contributed by atoms with Gasteiger partial charge in [-0.2, -0.15) is 0 Å². The number of nitrogens with zero attached hydrogens (tertiary/aromatic N) is 3. The molecule has 4 rings (SSSR count). The van der Waals surface area contributed by atoms with Crippen LogP contribution in [0.4, 0.5) is 10.3 Å². The van der Waals surface area contributed by atoms with Crippen LogP contribution in [-0.2, 0) is 18.3 Å². The van der Waals surface area contributed by atoms with Crippen LogP contribution in [0.5, 0.6) is 0 Å². The average Bonchev–Trinajstić information content (AvgIpc) is 3.05. The van der Waals surface area contributed by atoms with Crippen LogP contribution in [0.3, 0.4) is 0 Å². The van der Waals surface area contributed by atoms with Crippen molar-refractivity contribution in [2.24, 2.45) is 13.0 Å². The van der Waals surface area contributed by atoms with E-state index in [9.17, 15) is 9.18 Å². The number of para-hydroxylation sites is 2. The molecule has 1 N–H and O–H groups in total. The second-order valence-electron chi connectivity index (χ2n) is 7.39. The van der Waals surface area contributed by atoms with E-state index >= 15 is 0 Å². The lowest BCUT2D eigenvalue weighted by Crippen LogP contribution is -2.41. The smallest absolute Gasteiger partial charge is 0.223 e. The van der Waals surface area contributed by atoms with Crippen molar-refractivity contribution < 1.29 is 9.18 Å². The molecule has 0 unspecified atom stereocenters. The largest absolute Gasteiger partial charge is 0.356 e. The molecule has 1 aliphatic heterocycles. The van der Waals surface area contributed by atoms with Gasteiger partial charge < -0.3 is 14.8 Å². The molecular weight excluding hydrogens is 355 g/mol. The maximum Gasteiger partial charge on any atom is 0.223 e. The van der Waals surface area contributed by atoms with E-state index in [0.717, 1.165) is 48.5 Å². The molecule has 0 aliphatic carbocycles. The minimum absolute atomic E-state index is 0.0263. The number of anilines is 1. The van der Waals surface area contributed by atoms with E-state index in [1.165, 1.54) is 12.1 Å². The Kier molecular flexibility index (Phi) is 5.28. The summed E-state index contributed by atoms with van der Waals surface area (Å²) < 4.78 is 15.3. The van der Waals surface area contributed by atoms with Crippen LogP contribution >= 0.6 is 0 Å². The monoisotopic (exact) mass is 380 g/mol. The van der Waals surface area contributed by atoms with E-state index in [-0.39, 0.29) is 17.6 Å². The number of hydrogen-bond donors (Lipinski definition) is 1. The van der Waals surface area contributed by atoms with E-state index in [4.69, 9.17) is 4.98 Å². The Labute approximate surface area is 164 Å². The first-order valence-corrected chi connectivity index (χ1v) is 9.80. The zero-order chi connectivity index (χ0) is 19.5. The molecule has 1 fully saturated rings. The van der Waals surface area contributed by atoms with Crippen LogP contribution in [0.25, 0.3) is 11.0 Å².